The van der Waals surface area contributed by atoms with Gasteiger partial charge in [0.15, 0.2) is 0 Å². The van der Waals surface area contributed by atoms with Crippen LogP contribution in [0.1, 0.15) is 23.2 Å². The third-order valence-electron chi connectivity index (χ3n) is 2.23. The summed E-state index contributed by atoms with van der Waals surface area (Å²) in [4.78, 5) is 23.1. The van der Waals surface area contributed by atoms with E-state index in [1.165, 1.54) is 0 Å². The molecular weight excluding hydrogens is 218 g/mol. The van der Waals surface area contributed by atoms with E-state index < -0.39 is 5.97 Å². The van der Waals surface area contributed by atoms with Crippen LogP contribution >= 0.6 is 0 Å². The molecule has 0 aliphatic rings. The average Bonchev–Trinajstić information content (AvgIpc) is 2.34. The molecule has 0 bridgehead atoms. The third kappa shape index (κ3) is 6.04. The van der Waals surface area contributed by atoms with Crippen molar-refractivity contribution in [3.05, 3.63) is 35.9 Å². The molecule has 0 aliphatic heterocycles. The Kier molecular flexibility index (Phi) is 6.29. The van der Waals surface area contributed by atoms with Crippen molar-refractivity contribution in [2.24, 2.45) is 0 Å². The van der Waals surface area contributed by atoms with Gasteiger partial charge in [-0.3, -0.25) is 4.89 Å². The summed E-state index contributed by atoms with van der Waals surface area (Å²) in [6, 6.07) is 8.80. The number of unbranched alkanes of at least 4 members (excludes halogenated alkanes) is 1. The van der Waals surface area contributed by atoms with Crippen LogP contribution in [0.4, 0.5) is 0 Å². The highest BCUT2D eigenvalue weighted by atomic mass is 17.2. The predicted octanol–water partition coefficient (Wildman–Crippen LogP) is 2.12. The van der Waals surface area contributed by atoms with Gasteiger partial charge in [-0.1, -0.05) is 18.2 Å². The van der Waals surface area contributed by atoms with Gasteiger partial charge in [-0.15, -0.1) is 0 Å². The Balaban J connectivity index is 2.09. The van der Waals surface area contributed by atoms with Crippen molar-refractivity contribution < 1.29 is 14.6 Å². The zero-order valence-corrected chi connectivity index (χ0v) is 10.4. The average molecular weight is 237 g/mol. The molecular formula is C13H19NO3. The lowest BCUT2D eigenvalue weighted by atomic mass is 10.2. The molecule has 4 heteroatoms. The maximum Gasteiger partial charge on any atom is 0.373 e. The van der Waals surface area contributed by atoms with E-state index in [9.17, 15) is 4.79 Å². The van der Waals surface area contributed by atoms with Crippen LogP contribution in [-0.4, -0.2) is 38.1 Å². The van der Waals surface area contributed by atoms with E-state index in [1.54, 1.807) is 24.3 Å². The van der Waals surface area contributed by atoms with Gasteiger partial charge in [-0.2, -0.15) is 4.89 Å². The molecule has 0 fully saturated rings. The molecule has 94 valence electrons. The fourth-order valence-electron chi connectivity index (χ4n) is 1.31. The first-order valence-corrected chi connectivity index (χ1v) is 5.73. The minimum Gasteiger partial charge on any atom is -0.309 e. The molecule has 0 unspecified atom stereocenters. The van der Waals surface area contributed by atoms with Crippen LogP contribution in [0.3, 0.4) is 0 Å². The van der Waals surface area contributed by atoms with Gasteiger partial charge in [0.25, 0.3) is 0 Å². The number of hydrogen-bond acceptors (Lipinski definition) is 4. The summed E-state index contributed by atoms with van der Waals surface area (Å²) >= 11 is 0. The lowest BCUT2D eigenvalue weighted by Crippen LogP contribution is -2.14. The van der Waals surface area contributed by atoms with Crippen molar-refractivity contribution in [2.75, 3.05) is 27.2 Å². The van der Waals surface area contributed by atoms with Crippen LogP contribution < -0.4 is 0 Å². The molecule has 0 aromatic heterocycles. The summed E-state index contributed by atoms with van der Waals surface area (Å²) in [5.74, 6) is -0.446. The molecule has 0 amide bonds. The quantitative estimate of drug-likeness (QED) is 0.413. The Morgan fingerprint density at radius 2 is 1.88 bits per heavy atom. The van der Waals surface area contributed by atoms with E-state index in [0.29, 0.717) is 12.2 Å². The monoisotopic (exact) mass is 237 g/mol. The zero-order valence-electron chi connectivity index (χ0n) is 10.4. The largest absolute Gasteiger partial charge is 0.373 e. The zero-order chi connectivity index (χ0) is 12.5. The summed E-state index contributed by atoms with van der Waals surface area (Å²) in [5.41, 5.74) is 0.501. The summed E-state index contributed by atoms with van der Waals surface area (Å²) < 4.78 is 0. The van der Waals surface area contributed by atoms with Crippen LogP contribution in [0.15, 0.2) is 30.3 Å². The smallest absolute Gasteiger partial charge is 0.309 e. The molecule has 1 aromatic rings. The molecule has 0 atom stereocenters. The molecule has 0 N–H and O–H groups in total. The second kappa shape index (κ2) is 7.81. The normalized spacial score (nSPS) is 10.5. The van der Waals surface area contributed by atoms with Gasteiger partial charge in [0.2, 0.25) is 0 Å². The maximum atomic E-state index is 11.4. The molecule has 0 heterocycles. The van der Waals surface area contributed by atoms with E-state index in [2.05, 4.69) is 9.79 Å². The molecule has 1 aromatic carbocycles. The van der Waals surface area contributed by atoms with Crippen LogP contribution in [0.25, 0.3) is 0 Å². The summed E-state index contributed by atoms with van der Waals surface area (Å²) in [7, 11) is 4.05. The Labute approximate surface area is 102 Å². The van der Waals surface area contributed by atoms with E-state index in [1.807, 2.05) is 20.2 Å². The minimum atomic E-state index is -0.446. The van der Waals surface area contributed by atoms with Crippen LogP contribution in [0, 0.1) is 0 Å². The first-order valence-electron chi connectivity index (χ1n) is 5.73. The Morgan fingerprint density at radius 1 is 1.18 bits per heavy atom. The number of carbonyl (C=O) groups excluding carboxylic acids is 1. The summed E-state index contributed by atoms with van der Waals surface area (Å²) in [6.07, 6.45) is 1.90. The van der Waals surface area contributed by atoms with Gasteiger partial charge in [0, 0.05) is 0 Å². The van der Waals surface area contributed by atoms with Crippen molar-refractivity contribution in [3.63, 3.8) is 0 Å². The van der Waals surface area contributed by atoms with Crippen LogP contribution in [0.5, 0.6) is 0 Å². The van der Waals surface area contributed by atoms with Gasteiger partial charge >= 0.3 is 5.97 Å². The fraction of sp³-hybridized carbons (Fsp3) is 0.462. The molecule has 4 nitrogen and oxygen atoms in total. The van der Waals surface area contributed by atoms with E-state index in [-0.39, 0.29) is 0 Å². The van der Waals surface area contributed by atoms with Gasteiger partial charge in [0.05, 0.1) is 12.2 Å². The van der Waals surface area contributed by atoms with Gasteiger partial charge < -0.3 is 4.90 Å². The number of benzene rings is 1. The maximum absolute atomic E-state index is 11.4. The number of hydrogen-bond donors (Lipinski definition) is 0. The Bertz CT molecular complexity index is 325. The highest BCUT2D eigenvalue weighted by Crippen LogP contribution is 2.02. The SMILES string of the molecule is CN(C)CCCCOOC(=O)c1ccccc1. The third-order valence-corrected chi connectivity index (χ3v) is 2.23. The standard InChI is InChI=1S/C13H19NO3/c1-14(2)10-6-7-11-16-17-13(15)12-8-4-3-5-9-12/h3-5,8-9H,6-7,10-11H2,1-2H3. The van der Waals surface area contributed by atoms with Crippen molar-refractivity contribution in [1.82, 2.24) is 4.90 Å². The van der Waals surface area contributed by atoms with Crippen LogP contribution in [0.2, 0.25) is 0 Å². The van der Waals surface area contributed by atoms with E-state index in [4.69, 9.17) is 4.89 Å². The molecule has 0 saturated heterocycles. The lowest BCUT2D eigenvalue weighted by Gasteiger charge is -2.08. The topological polar surface area (TPSA) is 38.8 Å². The second-order valence-electron chi connectivity index (χ2n) is 4.07. The lowest BCUT2D eigenvalue weighted by molar-refractivity contribution is -0.241. The fourth-order valence-corrected chi connectivity index (χ4v) is 1.31. The number of carbonyl (C=O) groups is 1. The van der Waals surface area contributed by atoms with Crippen molar-refractivity contribution in [2.45, 2.75) is 12.8 Å². The highest BCUT2D eigenvalue weighted by molar-refractivity contribution is 5.88. The van der Waals surface area contributed by atoms with Crippen LogP contribution in [-0.2, 0) is 9.78 Å². The molecule has 0 radical (unpaired) electrons. The van der Waals surface area contributed by atoms with E-state index >= 15 is 0 Å². The van der Waals surface area contributed by atoms with Gasteiger partial charge in [-0.05, 0) is 45.6 Å². The van der Waals surface area contributed by atoms with Crippen molar-refractivity contribution in [1.29, 1.82) is 0 Å². The van der Waals surface area contributed by atoms with Crippen molar-refractivity contribution >= 4 is 5.97 Å². The molecule has 17 heavy (non-hydrogen) atoms. The number of nitrogens with zero attached hydrogens (tertiary/aromatic N) is 1. The second-order valence-corrected chi connectivity index (χ2v) is 4.07. The first kappa shape index (κ1) is 13.7. The van der Waals surface area contributed by atoms with Gasteiger partial charge in [0.1, 0.15) is 0 Å². The molecule has 1 rings (SSSR count). The summed E-state index contributed by atoms with van der Waals surface area (Å²) in [5, 5.41) is 0. The Morgan fingerprint density at radius 3 is 2.53 bits per heavy atom. The summed E-state index contributed by atoms with van der Waals surface area (Å²) in [6.45, 7) is 1.45. The van der Waals surface area contributed by atoms with E-state index in [0.717, 1.165) is 19.4 Å². The first-order chi connectivity index (χ1) is 8.20. The molecule has 0 spiro atoms. The minimum absolute atomic E-state index is 0.437. The highest BCUT2D eigenvalue weighted by Gasteiger charge is 2.06. The van der Waals surface area contributed by atoms with Crippen molar-refractivity contribution in [3.8, 4) is 0 Å². The predicted molar refractivity (Wildman–Crippen MR) is 65.6 cm³/mol. The molecule has 0 aliphatic carbocycles. The number of rotatable bonds is 7. The van der Waals surface area contributed by atoms with Gasteiger partial charge in [-0.25, -0.2) is 4.79 Å². The molecule has 0 saturated carbocycles. The Hall–Kier alpha value is -1.39.